The molecule has 0 unspecified atom stereocenters. The molecule has 0 saturated heterocycles. The zero-order chi connectivity index (χ0) is 10.9. The van der Waals surface area contributed by atoms with Crippen LogP contribution in [0.4, 0.5) is 0 Å². The van der Waals surface area contributed by atoms with Crippen LogP contribution in [0.15, 0.2) is 6.07 Å². The van der Waals surface area contributed by atoms with E-state index >= 15 is 0 Å². The Hall–Kier alpha value is -0.770. The Balaban J connectivity index is 3.45. The Morgan fingerprint density at radius 3 is 2.36 bits per heavy atom. The van der Waals surface area contributed by atoms with Gasteiger partial charge in [0.25, 0.3) is 0 Å². The minimum absolute atomic E-state index is 0.567. The molecule has 78 valence electrons. The van der Waals surface area contributed by atoms with Crippen LogP contribution in [-0.4, -0.2) is 7.11 Å². The average Bonchev–Trinajstić information content (AvgIpc) is 2.12. The maximum absolute atomic E-state index is 6.09. The van der Waals surface area contributed by atoms with E-state index in [0.717, 1.165) is 16.7 Å². The summed E-state index contributed by atoms with van der Waals surface area (Å²) < 4.78 is 5.20. The Bertz CT molecular complexity index is 350. The number of halogens is 1. The summed E-state index contributed by atoms with van der Waals surface area (Å²) in [6.45, 7) is 3.81. The molecule has 0 amide bonds. The molecule has 0 fully saturated rings. The second-order valence-corrected chi connectivity index (χ2v) is 3.65. The van der Waals surface area contributed by atoms with Crippen LogP contribution in [0.1, 0.15) is 22.9 Å². The van der Waals surface area contributed by atoms with Crippen LogP contribution in [0.5, 0.6) is 5.75 Å². The molecule has 3 nitrogen and oxygen atoms in total. The minimum atomic E-state index is -0.567. The molecule has 0 aromatic heterocycles. The average molecular weight is 215 g/mol. The first-order valence-electron chi connectivity index (χ1n) is 4.33. The van der Waals surface area contributed by atoms with Gasteiger partial charge in [0.2, 0.25) is 0 Å². The molecule has 0 heterocycles. The molecular weight excluding hydrogens is 200 g/mol. The molecule has 1 aromatic carbocycles. The zero-order valence-electron chi connectivity index (χ0n) is 8.60. The summed E-state index contributed by atoms with van der Waals surface area (Å²) in [5, 5.41) is 0.696. The highest BCUT2D eigenvalue weighted by atomic mass is 35.5. The third-order valence-corrected chi connectivity index (χ3v) is 2.83. The third kappa shape index (κ3) is 1.85. The number of hydrogen-bond donors (Lipinski definition) is 2. The van der Waals surface area contributed by atoms with Crippen molar-refractivity contribution in [2.45, 2.75) is 20.0 Å². The van der Waals surface area contributed by atoms with Crippen LogP contribution in [0.3, 0.4) is 0 Å². The molecule has 0 radical (unpaired) electrons. The fourth-order valence-corrected chi connectivity index (χ4v) is 1.68. The van der Waals surface area contributed by atoms with Crippen molar-refractivity contribution in [1.82, 2.24) is 0 Å². The smallest absolute Gasteiger partial charge is 0.125 e. The van der Waals surface area contributed by atoms with E-state index in [-0.39, 0.29) is 0 Å². The Morgan fingerprint density at radius 2 is 1.93 bits per heavy atom. The van der Waals surface area contributed by atoms with Gasteiger partial charge in [-0.2, -0.15) is 0 Å². The number of nitrogens with two attached hydrogens (primary N) is 2. The second kappa shape index (κ2) is 4.17. The van der Waals surface area contributed by atoms with Crippen molar-refractivity contribution in [1.29, 1.82) is 0 Å². The van der Waals surface area contributed by atoms with Gasteiger partial charge in [-0.25, -0.2) is 0 Å². The predicted octanol–water partition coefficient (Wildman–Crippen LogP) is 1.88. The number of benzene rings is 1. The van der Waals surface area contributed by atoms with Gasteiger partial charge in [0, 0.05) is 10.6 Å². The van der Waals surface area contributed by atoms with Crippen molar-refractivity contribution >= 4 is 11.6 Å². The van der Waals surface area contributed by atoms with E-state index in [1.807, 2.05) is 19.9 Å². The summed E-state index contributed by atoms with van der Waals surface area (Å²) in [7, 11) is 1.59. The maximum Gasteiger partial charge on any atom is 0.125 e. The molecule has 4 N–H and O–H groups in total. The van der Waals surface area contributed by atoms with Crippen molar-refractivity contribution < 1.29 is 4.74 Å². The third-order valence-electron chi connectivity index (χ3n) is 2.25. The first kappa shape index (κ1) is 11.3. The zero-order valence-corrected chi connectivity index (χ0v) is 9.35. The highest BCUT2D eigenvalue weighted by Gasteiger charge is 2.15. The summed E-state index contributed by atoms with van der Waals surface area (Å²) in [5.74, 6) is 0.694. The molecule has 14 heavy (non-hydrogen) atoms. The highest BCUT2D eigenvalue weighted by molar-refractivity contribution is 6.32. The molecule has 1 aromatic rings. The van der Waals surface area contributed by atoms with Crippen molar-refractivity contribution in [3.8, 4) is 5.75 Å². The highest BCUT2D eigenvalue weighted by Crippen LogP contribution is 2.33. The lowest BCUT2D eigenvalue weighted by Crippen LogP contribution is -2.22. The molecule has 0 bridgehead atoms. The summed E-state index contributed by atoms with van der Waals surface area (Å²) in [5.41, 5.74) is 13.9. The molecule has 0 saturated carbocycles. The first-order chi connectivity index (χ1) is 6.49. The van der Waals surface area contributed by atoms with Gasteiger partial charge in [-0.3, -0.25) is 0 Å². The van der Waals surface area contributed by atoms with E-state index < -0.39 is 6.17 Å². The number of ether oxygens (including phenoxy) is 1. The van der Waals surface area contributed by atoms with E-state index in [1.165, 1.54) is 0 Å². The second-order valence-electron chi connectivity index (χ2n) is 3.27. The topological polar surface area (TPSA) is 61.3 Å². The van der Waals surface area contributed by atoms with Gasteiger partial charge in [0.15, 0.2) is 0 Å². The summed E-state index contributed by atoms with van der Waals surface area (Å²) >= 11 is 6.09. The van der Waals surface area contributed by atoms with Gasteiger partial charge in [-0.1, -0.05) is 11.6 Å². The fourth-order valence-electron chi connectivity index (χ4n) is 1.52. The van der Waals surface area contributed by atoms with Crippen LogP contribution >= 0.6 is 11.6 Å². The normalized spacial score (nSPS) is 10.8. The van der Waals surface area contributed by atoms with Gasteiger partial charge < -0.3 is 16.2 Å². The standard InChI is InChI=1S/C10H15ClN2O/c1-5-4-7(14-3)8(10(12)13)6(2)9(5)11/h4,10H,12-13H2,1-3H3. The fraction of sp³-hybridized carbons (Fsp3) is 0.400. The van der Waals surface area contributed by atoms with Gasteiger partial charge in [-0.15, -0.1) is 0 Å². The largest absolute Gasteiger partial charge is 0.496 e. The van der Waals surface area contributed by atoms with Crippen molar-refractivity contribution in [3.63, 3.8) is 0 Å². The van der Waals surface area contributed by atoms with Crippen molar-refractivity contribution in [2.24, 2.45) is 11.5 Å². The molecule has 0 aliphatic heterocycles. The molecular formula is C10H15ClN2O. The summed E-state index contributed by atoms with van der Waals surface area (Å²) in [4.78, 5) is 0. The lowest BCUT2D eigenvalue weighted by molar-refractivity contribution is 0.405. The SMILES string of the molecule is COc1cc(C)c(Cl)c(C)c1C(N)N. The molecule has 1 rings (SSSR count). The summed E-state index contributed by atoms with van der Waals surface area (Å²) in [6, 6.07) is 1.84. The van der Waals surface area contributed by atoms with E-state index in [9.17, 15) is 0 Å². The van der Waals surface area contributed by atoms with E-state index in [1.54, 1.807) is 7.11 Å². The molecule has 0 aliphatic carbocycles. The van der Waals surface area contributed by atoms with Crippen LogP contribution in [0.2, 0.25) is 5.02 Å². The van der Waals surface area contributed by atoms with E-state index in [0.29, 0.717) is 10.8 Å². The molecule has 4 heteroatoms. The van der Waals surface area contributed by atoms with E-state index in [2.05, 4.69) is 0 Å². The first-order valence-corrected chi connectivity index (χ1v) is 4.71. The summed E-state index contributed by atoms with van der Waals surface area (Å²) in [6.07, 6.45) is -0.567. The Kier molecular flexibility index (Phi) is 3.37. The number of rotatable bonds is 2. The van der Waals surface area contributed by atoms with Crippen LogP contribution in [0.25, 0.3) is 0 Å². The lowest BCUT2D eigenvalue weighted by atomic mass is 10.0. The maximum atomic E-state index is 6.09. The van der Waals surface area contributed by atoms with Crippen molar-refractivity contribution in [2.75, 3.05) is 7.11 Å². The van der Waals surface area contributed by atoms with Crippen LogP contribution in [-0.2, 0) is 0 Å². The molecule has 0 atom stereocenters. The molecule has 0 aliphatic rings. The van der Waals surface area contributed by atoms with Crippen molar-refractivity contribution in [3.05, 3.63) is 27.8 Å². The van der Waals surface area contributed by atoms with Crippen LogP contribution in [0, 0.1) is 13.8 Å². The quantitative estimate of drug-likeness (QED) is 0.739. The Morgan fingerprint density at radius 1 is 1.36 bits per heavy atom. The van der Waals surface area contributed by atoms with Gasteiger partial charge in [0.05, 0.1) is 13.3 Å². The number of methoxy groups -OCH3 is 1. The minimum Gasteiger partial charge on any atom is -0.496 e. The predicted molar refractivity (Wildman–Crippen MR) is 58.6 cm³/mol. The van der Waals surface area contributed by atoms with Gasteiger partial charge in [-0.05, 0) is 31.0 Å². The number of aryl methyl sites for hydroxylation is 1. The van der Waals surface area contributed by atoms with E-state index in [4.69, 9.17) is 27.8 Å². The number of hydrogen-bond acceptors (Lipinski definition) is 3. The van der Waals surface area contributed by atoms with Crippen LogP contribution < -0.4 is 16.2 Å². The monoisotopic (exact) mass is 214 g/mol. The van der Waals surface area contributed by atoms with Gasteiger partial charge in [0.1, 0.15) is 5.75 Å². The lowest BCUT2D eigenvalue weighted by Gasteiger charge is -2.17. The van der Waals surface area contributed by atoms with Gasteiger partial charge >= 0.3 is 0 Å². The molecule has 0 spiro atoms. The Labute approximate surface area is 89.0 Å².